The summed E-state index contributed by atoms with van der Waals surface area (Å²) in [6, 6.07) is 9.95. The van der Waals surface area contributed by atoms with Gasteiger partial charge < -0.3 is 15.0 Å². The number of ether oxygens (including phenoxy) is 1. The lowest BCUT2D eigenvalue weighted by Crippen LogP contribution is -2.04. The van der Waals surface area contributed by atoms with E-state index < -0.39 is 0 Å². The van der Waals surface area contributed by atoms with Gasteiger partial charge in [0.25, 0.3) is 0 Å². The second-order valence-corrected chi connectivity index (χ2v) is 5.79. The zero-order valence-electron chi connectivity index (χ0n) is 13.1. The molecule has 5 heteroatoms. The van der Waals surface area contributed by atoms with Crippen molar-refractivity contribution in [2.45, 2.75) is 20.8 Å². The molecule has 2 aromatic heterocycles. The van der Waals surface area contributed by atoms with E-state index in [9.17, 15) is 0 Å². The van der Waals surface area contributed by atoms with E-state index in [0.717, 1.165) is 40.6 Å². The Morgan fingerprint density at radius 3 is 2.68 bits per heavy atom. The lowest BCUT2D eigenvalue weighted by atomic mass is 10.2. The van der Waals surface area contributed by atoms with Gasteiger partial charge in [0.05, 0.1) is 12.0 Å². The highest BCUT2D eigenvalue weighted by Gasteiger charge is 2.06. The monoisotopic (exact) mass is 296 g/mol. The molecule has 22 heavy (non-hydrogen) atoms. The quantitative estimate of drug-likeness (QED) is 0.745. The van der Waals surface area contributed by atoms with E-state index in [1.54, 1.807) is 6.33 Å². The van der Waals surface area contributed by atoms with Crippen LogP contribution in [0.3, 0.4) is 0 Å². The number of hydrogen-bond acceptors (Lipinski definition) is 4. The maximum absolute atomic E-state index is 5.69. The minimum absolute atomic E-state index is 0.518. The molecule has 0 aliphatic heterocycles. The largest absolute Gasteiger partial charge is 0.493 e. The number of fused-ring (bicyclic) bond motifs is 1. The summed E-state index contributed by atoms with van der Waals surface area (Å²) in [5.74, 6) is 2.19. The first kappa shape index (κ1) is 14.4. The van der Waals surface area contributed by atoms with Crippen LogP contribution in [0.1, 0.15) is 19.5 Å². The van der Waals surface area contributed by atoms with Gasteiger partial charge in [-0.25, -0.2) is 9.97 Å². The Balaban J connectivity index is 1.77. The normalized spacial score (nSPS) is 11.1. The van der Waals surface area contributed by atoms with Crippen molar-refractivity contribution in [3.63, 3.8) is 0 Å². The number of hydrogen-bond donors (Lipinski definition) is 2. The summed E-state index contributed by atoms with van der Waals surface area (Å²) < 4.78 is 5.69. The summed E-state index contributed by atoms with van der Waals surface area (Å²) in [4.78, 5) is 11.8. The van der Waals surface area contributed by atoms with Crippen molar-refractivity contribution in [1.82, 2.24) is 15.0 Å². The molecule has 0 atom stereocenters. The average Bonchev–Trinajstić information content (AvgIpc) is 2.88. The Hall–Kier alpha value is -2.56. The number of aryl methyl sites for hydroxylation is 1. The van der Waals surface area contributed by atoms with Crippen LogP contribution in [0.25, 0.3) is 11.0 Å². The zero-order chi connectivity index (χ0) is 15.5. The molecule has 114 valence electrons. The average molecular weight is 296 g/mol. The third kappa shape index (κ3) is 3.19. The molecule has 0 bridgehead atoms. The smallest absolute Gasteiger partial charge is 0.143 e. The van der Waals surface area contributed by atoms with Gasteiger partial charge in [0.15, 0.2) is 0 Å². The Labute approximate surface area is 129 Å². The van der Waals surface area contributed by atoms with Gasteiger partial charge in [-0.1, -0.05) is 13.8 Å². The molecule has 2 heterocycles. The molecule has 2 N–H and O–H groups in total. The Morgan fingerprint density at radius 1 is 1.18 bits per heavy atom. The summed E-state index contributed by atoms with van der Waals surface area (Å²) in [6.07, 6.45) is 1.56. The topological polar surface area (TPSA) is 62.8 Å². The van der Waals surface area contributed by atoms with Crippen molar-refractivity contribution in [2.75, 3.05) is 11.9 Å². The summed E-state index contributed by atoms with van der Waals surface area (Å²) >= 11 is 0. The predicted molar refractivity (Wildman–Crippen MR) is 88.7 cm³/mol. The minimum atomic E-state index is 0.518. The first-order valence-electron chi connectivity index (χ1n) is 7.42. The van der Waals surface area contributed by atoms with Crippen LogP contribution in [0.5, 0.6) is 5.75 Å². The molecule has 0 unspecified atom stereocenters. The lowest BCUT2D eigenvalue weighted by molar-refractivity contribution is 0.271. The predicted octanol–water partition coefficient (Wildman–Crippen LogP) is 4.04. The maximum Gasteiger partial charge on any atom is 0.143 e. The number of aromatic amines is 1. The third-order valence-electron chi connectivity index (χ3n) is 3.26. The molecule has 5 nitrogen and oxygen atoms in total. The van der Waals surface area contributed by atoms with Gasteiger partial charge >= 0.3 is 0 Å². The second-order valence-electron chi connectivity index (χ2n) is 5.79. The molecule has 0 saturated carbocycles. The molecule has 0 aliphatic carbocycles. The van der Waals surface area contributed by atoms with Gasteiger partial charge in [-0.3, -0.25) is 0 Å². The summed E-state index contributed by atoms with van der Waals surface area (Å²) in [7, 11) is 0. The fourth-order valence-electron chi connectivity index (χ4n) is 2.20. The van der Waals surface area contributed by atoms with Gasteiger partial charge in [-0.2, -0.15) is 0 Å². The van der Waals surface area contributed by atoms with E-state index in [-0.39, 0.29) is 0 Å². The third-order valence-corrected chi connectivity index (χ3v) is 3.26. The van der Waals surface area contributed by atoms with E-state index in [0.29, 0.717) is 5.92 Å². The van der Waals surface area contributed by atoms with Crippen LogP contribution in [0.4, 0.5) is 11.5 Å². The Kier molecular flexibility index (Phi) is 3.96. The van der Waals surface area contributed by atoms with Crippen LogP contribution >= 0.6 is 0 Å². The van der Waals surface area contributed by atoms with Crippen LogP contribution in [0, 0.1) is 12.8 Å². The number of H-pyrrole nitrogens is 1. The standard InChI is InChI=1S/C17H20N4O/c1-11(2)9-22-14-6-4-13(5-7-14)21-17-15-8-12(3)20-16(15)18-10-19-17/h4-8,10-11H,9H2,1-3H3,(H2,18,19,20,21). The first-order chi connectivity index (χ1) is 10.6. The summed E-state index contributed by atoms with van der Waals surface area (Å²) in [5, 5.41) is 4.31. The van der Waals surface area contributed by atoms with Crippen molar-refractivity contribution >= 4 is 22.5 Å². The van der Waals surface area contributed by atoms with E-state index in [2.05, 4.69) is 34.1 Å². The van der Waals surface area contributed by atoms with Crippen LogP contribution in [0.15, 0.2) is 36.7 Å². The minimum Gasteiger partial charge on any atom is -0.493 e. The number of nitrogens with zero attached hydrogens (tertiary/aromatic N) is 2. The van der Waals surface area contributed by atoms with Crippen molar-refractivity contribution in [3.8, 4) is 5.75 Å². The Morgan fingerprint density at radius 2 is 1.95 bits per heavy atom. The van der Waals surface area contributed by atoms with Crippen molar-refractivity contribution in [1.29, 1.82) is 0 Å². The zero-order valence-corrected chi connectivity index (χ0v) is 13.1. The molecular formula is C17H20N4O. The van der Waals surface area contributed by atoms with Gasteiger partial charge in [0.1, 0.15) is 23.5 Å². The van der Waals surface area contributed by atoms with Crippen LogP contribution in [0.2, 0.25) is 0 Å². The fourth-order valence-corrected chi connectivity index (χ4v) is 2.20. The van der Waals surface area contributed by atoms with Gasteiger partial charge in [0.2, 0.25) is 0 Å². The molecule has 0 fully saturated rings. The van der Waals surface area contributed by atoms with Crippen molar-refractivity contribution in [3.05, 3.63) is 42.4 Å². The molecule has 0 amide bonds. The van der Waals surface area contributed by atoms with E-state index in [1.165, 1.54) is 0 Å². The maximum atomic E-state index is 5.69. The van der Waals surface area contributed by atoms with Gasteiger partial charge in [0, 0.05) is 11.4 Å². The molecular weight excluding hydrogens is 276 g/mol. The van der Waals surface area contributed by atoms with E-state index in [4.69, 9.17) is 4.74 Å². The molecule has 0 spiro atoms. The van der Waals surface area contributed by atoms with E-state index >= 15 is 0 Å². The van der Waals surface area contributed by atoms with Gasteiger partial charge in [-0.05, 0) is 43.2 Å². The van der Waals surface area contributed by atoms with E-state index in [1.807, 2.05) is 37.3 Å². The highest BCUT2D eigenvalue weighted by Crippen LogP contribution is 2.24. The van der Waals surface area contributed by atoms with Crippen molar-refractivity contribution < 1.29 is 4.74 Å². The highest BCUT2D eigenvalue weighted by atomic mass is 16.5. The summed E-state index contributed by atoms with van der Waals surface area (Å²) in [6.45, 7) is 7.00. The lowest BCUT2D eigenvalue weighted by Gasteiger charge is -2.10. The van der Waals surface area contributed by atoms with Crippen LogP contribution in [-0.4, -0.2) is 21.6 Å². The molecule has 1 aromatic carbocycles. The molecule has 0 aliphatic rings. The van der Waals surface area contributed by atoms with Gasteiger partial charge in [-0.15, -0.1) is 0 Å². The molecule has 0 radical (unpaired) electrons. The Bertz CT molecular complexity index is 762. The molecule has 3 rings (SSSR count). The highest BCUT2D eigenvalue weighted by molar-refractivity contribution is 5.89. The van der Waals surface area contributed by atoms with Crippen LogP contribution in [-0.2, 0) is 0 Å². The first-order valence-corrected chi connectivity index (χ1v) is 7.42. The van der Waals surface area contributed by atoms with Crippen molar-refractivity contribution in [2.24, 2.45) is 5.92 Å². The number of nitrogens with one attached hydrogen (secondary N) is 2. The molecule has 0 saturated heterocycles. The number of benzene rings is 1. The number of anilines is 2. The molecule has 3 aromatic rings. The SMILES string of the molecule is Cc1cc2c(Nc3ccc(OCC(C)C)cc3)ncnc2[nH]1. The summed E-state index contributed by atoms with van der Waals surface area (Å²) in [5.41, 5.74) is 2.87. The number of aromatic nitrogens is 3. The number of rotatable bonds is 5. The second kappa shape index (κ2) is 6.05. The van der Waals surface area contributed by atoms with Crippen LogP contribution < -0.4 is 10.1 Å². The fraction of sp³-hybridized carbons (Fsp3) is 0.294.